The second-order valence-electron chi connectivity index (χ2n) is 6.29. The van der Waals surface area contributed by atoms with Gasteiger partial charge < -0.3 is 0 Å². The highest BCUT2D eigenvalue weighted by Crippen LogP contribution is 2.21. The summed E-state index contributed by atoms with van der Waals surface area (Å²) in [6, 6.07) is 21.1. The zero-order valence-electron chi connectivity index (χ0n) is 15.5. The maximum atomic E-state index is 13.4. The Morgan fingerprint density at radius 2 is 1.50 bits per heavy atom. The molecule has 0 fully saturated rings. The maximum Gasteiger partial charge on any atom is 0.211 e. The van der Waals surface area contributed by atoms with Gasteiger partial charge in [-0.25, -0.2) is 18.4 Å². The molecule has 0 bridgehead atoms. The van der Waals surface area contributed by atoms with Crippen LogP contribution in [0.2, 0.25) is 0 Å². The number of rotatable bonds is 4. The van der Waals surface area contributed by atoms with Gasteiger partial charge >= 0.3 is 0 Å². The van der Waals surface area contributed by atoms with Gasteiger partial charge in [-0.3, -0.25) is 0 Å². The van der Waals surface area contributed by atoms with Gasteiger partial charge in [-0.2, -0.15) is 10.4 Å². The molecule has 3 aromatic carbocycles. The zero-order chi connectivity index (χ0) is 20.9. The van der Waals surface area contributed by atoms with Crippen molar-refractivity contribution in [1.82, 2.24) is 4.68 Å². The Balaban J connectivity index is 1.80. The molecule has 4 rings (SSSR count). The zero-order valence-corrected chi connectivity index (χ0v) is 16.4. The first-order valence-corrected chi connectivity index (χ1v) is 9.82. The monoisotopic (exact) mass is 416 g/mol. The van der Waals surface area contributed by atoms with E-state index in [1.807, 2.05) is 5.38 Å². The number of halogens is 2. The van der Waals surface area contributed by atoms with Crippen LogP contribution in [0.25, 0.3) is 11.3 Å². The molecule has 0 saturated heterocycles. The minimum absolute atomic E-state index is 0.321. The Kier molecular flexibility index (Phi) is 5.59. The summed E-state index contributed by atoms with van der Waals surface area (Å²) in [6.45, 7) is 0. The van der Waals surface area contributed by atoms with Crippen LogP contribution in [0.1, 0.15) is 11.1 Å². The average Bonchev–Trinajstić information content (AvgIpc) is 3.17. The molecule has 0 aliphatic carbocycles. The molecule has 0 unspecified atom stereocenters. The number of hydrogen-bond acceptors (Lipinski definition) is 4. The molecule has 0 atom stereocenters. The number of nitrogens with zero attached hydrogens (tertiary/aromatic N) is 4. The maximum absolute atomic E-state index is 13.4. The second kappa shape index (κ2) is 8.64. The van der Waals surface area contributed by atoms with Gasteiger partial charge in [0, 0.05) is 10.9 Å². The van der Waals surface area contributed by atoms with Crippen molar-refractivity contribution in [1.29, 1.82) is 5.26 Å². The fourth-order valence-electron chi connectivity index (χ4n) is 2.70. The third-order valence-corrected chi connectivity index (χ3v) is 5.05. The molecular weight excluding hydrogens is 402 g/mol. The van der Waals surface area contributed by atoms with Crippen molar-refractivity contribution in [3.05, 3.63) is 106 Å². The molecule has 1 aromatic heterocycles. The van der Waals surface area contributed by atoms with Crippen molar-refractivity contribution in [2.24, 2.45) is 10.1 Å². The standard InChI is InChI=1S/C23H14F2N4S/c24-19-7-5-18(6-8-19)22-15-30-23(28-21-11-9-20(25)10-12-21)29(22)27-14-17-3-1-16(13-26)2-4-17/h1-12,14-15H. The summed E-state index contributed by atoms with van der Waals surface area (Å²) in [5.74, 6) is -0.656. The van der Waals surface area contributed by atoms with E-state index in [9.17, 15) is 8.78 Å². The van der Waals surface area contributed by atoms with Crippen molar-refractivity contribution in [3.8, 4) is 17.3 Å². The van der Waals surface area contributed by atoms with Crippen molar-refractivity contribution in [3.63, 3.8) is 0 Å². The molecule has 0 amide bonds. The lowest BCUT2D eigenvalue weighted by Gasteiger charge is -2.04. The number of hydrogen-bond donors (Lipinski definition) is 0. The molecule has 0 spiro atoms. The summed E-state index contributed by atoms with van der Waals surface area (Å²) in [7, 11) is 0. The van der Waals surface area contributed by atoms with Crippen molar-refractivity contribution >= 4 is 23.2 Å². The molecule has 4 aromatic rings. The van der Waals surface area contributed by atoms with Gasteiger partial charge in [-0.1, -0.05) is 12.1 Å². The van der Waals surface area contributed by atoms with Crippen LogP contribution in [0.15, 0.2) is 88.3 Å². The van der Waals surface area contributed by atoms with Crippen molar-refractivity contribution in [2.45, 2.75) is 0 Å². The number of benzene rings is 3. The minimum Gasteiger partial charge on any atom is -0.220 e. The van der Waals surface area contributed by atoms with Crippen LogP contribution in [0.4, 0.5) is 14.5 Å². The molecule has 0 aliphatic rings. The fraction of sp³-hybridized carbons (Fsp3) is 0. The first-order valence-electron chi connectivity index (χ1n) is 8.94. The SMILES string of the molecule is N#Cc1ccc(C=Nn2c(-c3ccc(F)cc3)csc2=Nc2ccc(F)cc2)cc1. The van der Waals surface area contributed by atoms with E-state index in [1.165, 1.54) is 35.6 Å². The Bertz CT molecular complexity index is 1290. The lowest BCUT2D eigenvalue weighted by Crippen LogP contribution is -2.11. The molecule has 7 heteroatoms. The highest BCUT2D eigenvalue weighted by Gasteiger charge is 2.08. The van der Waals surface area contributed by atoms with E-state index in [0.29, 0.717) is 16.1 Å². The van der Waals surface area contributed by atoms with E-state index in [2.05, 4.69) is 16.2 Å². The summed E-state index contributed by atoms with van der Waals surface area (Å²) in [4.78, 5) is 5.14. The molecule has 0 radical (unpaired) electrons. The van der Waals surface area contributed by atoms with Crippen LogP contribution in [0, 0.1) is 23.0 Å². The van der Waals surface area contributed by atoms with Gasteiger partial charge in [0.25, 0.3) is 0 Å². The summed E-state index contributed by atoms with van der Waals surface area (Å²) in [6.07, 6.45) is 1.66. The fourth-order valence-corrected chi connectivity index (χ4v) is 3.56. The molecular formula is C23H14F2N4S. The van der Waals surface area contributed by atoms with Gasteiger partial charge in [-0.05, 0) is 66.2 Å². The van der Waals surface area contributed by atoms with E-state index in [1.54, 1.807) is 59.4 Å². The Labute approximate surface area is 175 Å². The van der Waals surface area contributed by atoms with E-state index in [4.69, 9.17) is 5.26 Å². The third kappa shape index (κ3) is 4.40. The lowest BCUT2D eigenvalue weighted by atomic mass is 10.2. The topological polar surface area (TPSA) is 53.4 Å². The average molecular weight is 416 g/mol. The van der Waals surface area contributed by atoms with Crippen LogP contribution in [-0.4, -0.2) is 10.9 Å². The summed E-state index contributed by atoms with van der Waals surface area (Å²) in [5, 5.41) is 15.4. The number of nitriles is 1. The van der Waals surface area contributed by atoms with Gasteiger partial charge in [0.1, 0.15) is 11.6 Å². The van der Waals surface area contributed by atoms with Crippen LogP contribution >= 0.6 is 11.3 Å². The van der Waals surface area contributed by atoms with Gasteiger partial charge in [-0.15, -0.1) is 11.3 Å². The predicted octanol–water partition coefficient (Wildman–Crippen LogP) is 5.48. The van der Waals surface area contributed by atoms with Gasteiger partial charge in [0.05, 0.1) is 29.2 Å². The van der Waals surface area contributed by atoms with E-state index in [0.717, 1.165) is 16.8 Å². The molecule has 0 aliphatic heterocycles. The second-order valence-corrected chi connectivity index (χ2v) is 7.13. The molecule has 0 N–H and O–H groups in total. The van der Waals surface area contributed by atoms with Crippen molar-refractivity contribution < 1.29 is 8.78 Å². The number of aromatic nitrogens is 1. The minimum atomic E-state index is -0.334. The Morgan fingerprint density at radius 3 is 2.13 bits per heavy atom. The van der Waals surface area contributed by atoms with Crippen LogP contribution < -0.4 is 4.80 Å². The van der Waals surface area contributed by atoms with Crippen LogP contribution in [0.5, 0.6) is 0 Å². The van der Waals surface area contributed by atoms with Crippen molar-refractivity contribution in [2.75, 3.05) is 0 Å². The molecule has 4 nitrogen and oxygen atoms in total. The largest absolute Gasteiger partial charge is 0.220 e. The van der Waals surface area contributed by atoms with Gasteiger partial charge in [0.15, 0.2) is 0 Å². The molecule has 30 heavy (non-hydrogen) atoms. The molecule has 0 saturated carbocycles. The summed E-state index contributed by atoms with van der Waals surface area (Å²) >= 11 is 1.37. The molecule has 1 heterocycles. The third-order valence-electron chi connectivity index (χ3n) is 4.24. The Morgan fingerprint density at radius 1 is 0.867 bits per heavy atom. The first-order chi connectivity index (χ1) is 14.6. The predicted molar refractivity (Wildman–Crippen MR) is 113 cm³/mol. The highest BCUT2D eigenvalue weighted by atomic mass is 32.1. The smallest absolute Gasteiger partial charge is 0.211 e. The van der Waals surface area contributed by atoms with Crippen LogP contribution in [0.3, 0.4) is 0 Å². The summed E-state index contributed by atoms with van der Waals surface area (Å²) < 4.78 is 28.2. The summed E-state index contributed by atoms with van der Waals surface area (Å²) in [5.41, 5.74) is 3.49. The van der Waals surface area contributed by atoms with Gasteiger partial charge in [0.2, 0.25) is 4.80 Å². The first kappa shape index (κ1) is 19.4. The normalized spacial score (nSPS) is 11.7. The number of thiazole rings is 1. The van der Waals surface area contributed by atoms with Crippen LogP contribution in [-0.2, 0) is 0 Å². The Hall–Kier alpha value is -3.89. The molecule has 146 valence electrons. The van der Waals surface area contributed by atoms with E-state index >= 15 is 0 Å². The van der Waals surface area contributed by atoms with E-state index < -0.39 is 0 Å². The highest BCUT2D eigenvalue weighted by molar-refractivity contribution is 7.07. The quantitative estimate of drug-likeness (QED) is 0.406. The lowest BCUT2D eigenvalue weighted by molar-refractivity contribution is 0.627. The van der Waals surface area contributed by atoms with E-state index in [-0.39, 0.29) is 11.6 Å².